The quantitative estimate of drug-likeness (QED) is 0.146. The van der Waals surface area contributed by atoms with Crippen molar-refractivity contribution < 1.29 is 26.4 Å². The van der Waals surface area contributed by atoms with E-state index >= 15 is 0 Å². The van der Waals surface area contributed by atoms with Crippen LogP contribution in [0.2, 0.25) is 0 Å². The summed E-state index contributed by atoms with van der Waals surface area (Å²) in [6.45, 7) is 13.1. The van der Waals surface area contributed by atoms with E-state index in [-0.39, 0.29) is 6.61 Å². The van der Waals surface area contributed by atoms with Gasteiger partial charge in [0, 0.05) is 0 Å². The van der Waals surface area contributed by atoms with Crippen LogP contribution in [-0.4, -0.2) is 63.5 Å². The summed E-state index contributed by atoms with van der Waals surface area (Å²) in [5, 5.41) is 0. The molecule has 29 heavy (non-hydrogen) atoms. The highest BCUT2D eigenvalue weighted by molar-refractivity contribution is 7.80. The Morgan fingerprint density at radius 2 is 1.24 bits per heavy atom. The van der Waals surface area contributed by atoms with Crippen molar-refractivity contribution in [1.82, 2.24) is 0 Å². The summed E-state index contributed by atoms with van der Waals surface area (Å²) >= 11 is 0. The molecule has 0 saturated carbocycles. The van der Waals surface area contributed by atoms with Crippen molar-refractivity contribution in [1.29, 1.82) is 0 Å². The number of rotatable bonds is 16. The normalized spacial score (nSPS) is 16.3. The van der Waals surface area contributed by atoms with Gasteiger partial charge in [-0.2, -0.15) is 0 Å². The van der Waals surface area contributed by atoms with E-state index in [4.69, 9.17) is 4.74 Å². The van der Waals surface area contributed by atoms with Crippen LogP contribution >= 0.6 is 0 Å². The SMILES string of the molecule is CCCCCCCCCCCCCC[N+]1(CC)CCOCC1.CCOS(=O)(=O)[O-]. The van der Waals surface area contributed by atoms with Gasteiger partial charge in [0.15, 0.2) is 0 Å². The average Bonchev–Trinajstić information content (AvgIpc) is 2.69. The number of unbranched alkanes of at least 4 members (excludes halogenated alkanes) is 11. The van der Waals surface area contributed by atoms with E-state index in [1.165, 1.54) is 115 Å². The second-order valence-corrected chi connectivity index (χ2v) is 9.20. The number of likely N-dealkylation sites (N-methyl/N-ethyl adjacent to an activating group) is 1. The van der Waals surface area contributed by atoms with E-state index in [1.54, 1.807) is 0 Å². The fraction of sp³-hybridized carbons (Fsp3) is 1.00. The number of hydrogen-bond donors (Lipinski definition) is 0. The maximum absolute atomic E-state index is 9.45. The Hall–Kier alpha value is -0.210. The van der Waals surface area contributed by atoms with Crippen molar-refractivity contribution in [2.45, 2.75) is 97.8 Å². The van der Waals surface area contributed by atoms with Gasteiger partial charge in [0.25, 0.3) is 0 Å². The highest BCUT2D eigenvalue weighted by atomic mass is 32.3. The minimum absolute atomic E-state index is 0.0914. The molecule has 0 atom stereocenters. The standard InChI is InChI=1S/C20H42NO.C2H6O4S/c1-3-5-6-7-8-9-10-11-12-13-14-15-16-21(4-2)17-19-22-20-18-21;1-2-6-7(3,4)5/h3-20H2,1-2H3;2H2,1H3,(H,3,4,5)/q+1;/p-1. The fourth-order valence-electron chi connectivity index (χ4n) is 3.86. The number of morpholine rings is 1. The van der Waals surface area contributed by atoms with E-state index in [2.05, 4.69) is 18.0 Å². The maximum Gasteiger partial charge on any atom is 0.217 e. The Morgan fingerprint density at radius 1 is 0.793 bits per heavy atom. The van der Waals surface area contributed by atoms with E-state index in [9.17, 15) is 13.0 Å². The van der Waals surface area contributed by atoms with Gasteiger partial charge in [-0.05, 0) is 26.7 Å². The van der Waals surface area contributed by atoms with Crippen molar-refractivity contribution >= 4 is 10.4 Å². The van der Waals surface area contributed by atoms with Crippen LogP contribution in [-0.2, 0) is 19.3 Å². The molecule has 0 aromatic carbocycles. The Bertz CT molecular complexity index is 450. The lowest BCUT2D eigenvalue weighted by atomic mass is 10.0. The molecule has 0 aromatic heterocycles. The third-order valence-electron chi connectivity index (χ3n) is 5.84. The van der Waals surface area contributed by atoms with Crippen molar-refractivity contribution in [2.75, 3.05) is 46.0 Å². The highest BCUT2D eigenvalue weighted by Gasteiger charge is 2.27. The van der Waals surface area contributed by atoms with Crippen molar-refractivity contribution in [3.05, 3.63) is 0 Å². The molecule has 6 nitrogen and oxygen atoms in total. The molecule has 176 valence electrons. The fourth-order valence-corrected chi connectivity index (χ4v) is 4.15. The molecule has 0 N–H and O–H groups in total. The van der Waals surface area contributed by atoms with Crippen LogP contribution in [0.5, 0.6) is 0 Å². The minimum Gasteiger partial charge on any atom is -0.726 e. The van der Waals surface area contributed by atoms with Gasteiger partial charge in [0.1, 0.15) is 13.1 Å². The van der Waals surface area contributed by atoms with Crippen molar-refractivity contribution in [3.8, 4) is 0 Å². The molecule has 7 heteroatoms. The molecule has 0 amide bonds. The van der Waals surface area contributed by atoms with Crippen LogP contribution in [0.25, 0.3) is 0 Å². The third kappa shape index (κ3) is 18.3. The van der Waals surface area contributed by atoms with Crippen molar-refractivity contribution in [2.24, 2.45) is 0 Å². The molecule has 0 aliphatic carbocycles. The zero-order valence-corrected chi connectivity index (χ0v) is 20.1. The Kier molecular flexibility index (Phi) is 18.4. The predicted molar refractivity (Wildman–Crippen MR) is 119 cm³/mol. The minimum atomic E-state index is -4.42. The first-order chi connectivity index (χ1) is 13.9. The number of ether oxygens (including phenoxy) is 1. The largest absolute Gasteiger partial charge is 0.726 e. The molecular weight excluding hydrogens is 390 g/mol. The van der Waals surface area contributed by atoms with Gasteiger partial charge in [0.2, 0.25) is 10.4 Å². The molecule has 1 aliphatic rings. The summed E-state index contributed by atoms with van der Waals surface area (Å²) in [5.41, 5.74) is 0. The van der Waals surface area contributed by atoms with Gasteiger partial charge < -0.3 is 13.8 Å². The van der Waals surface area contributed by atoms with Crippen LogP contribution in [0.3, 0.4) is 0 Å². The number of nitrogens with zero attached hydrogens (tertiary/aromatic N) is 1. The van der Waals surface area contributed by atoms with Gasteiger partial charge in [0.05, 0.1) is 32.9 Å². The van der Waals surface area contributed by atoms with Crippen molar-refractivity contribution in [3.63, 3.8) is 0 Å². The zero-order valence-electron chi connectivity index (χ0n) is 19.3. The van der Waals surface area contributed by atoms with Crippen LogP contribution in [0.15, 0.2) is 0 Å². The lowest BCUT2D eigenvalue weighted by Crippen LogP contribution is -2.55. The van der Waals surface area contributed by atoms with Gasteiger partial charge in [-0.15, -0.1) is 0 Å². The van der Waals surface area contributed by atoms with E-state index < -0.39 is 10.4 Å². The van der Waals surface area contributed by atoms with Crippen LogP contribution in [0.4, 0.5) is 0 Å². The summed E-state index contributed by atoms with van der Waals surface area (Å²) in [4.78, 5) is 0. The first-order valence-corrected chi connectivity index (χ1v) is 13.3. The molecule has 1 saturated heterocycles. The molecule has 0 aromatic rings. The molecule has 0 radical (unpaired) electrons. The van der Waals surface area contributed by atoms with Gasteiger partial charge >= 0.3 is 0 Å². The van der Waals surface area contributed by atoms with Gasteiger partial charge in [-0.3, -0.25) is 4.18 Å². The monoisotopic (exact) mass is 437 g/mol. The second kappa shape index (κ2) is 18.6. The summed E-state index contributed by atoms with van der Waals surface area (Å²) < 4.78 is 38.8. The number of hydrogen-bond acceptors (Lipinski definition) is 5. The summed E-state index contributed by atoms with van der Waals surface area (Å²) in [5.74, 6) is 0. The molecule has 1 heterocycles. The average molecular weight is 438 g/mol. The summed E-state index contributed by atoms with van der Waals surface area (Å²) in [7, 11) is -4.42. The smallest absolute Gasteiger partial charge is 0.217 e. The van der Waals surface area contributed by atoms with Gasteiger partial charge in [-0.1, -0.05) is 71.1 Å². The molecule has 0 spiro atoms. The summed E-state index contributed by atoms with van der Waals surface area (Å²) in [6, 6.07) is 0. The van der Waals surface area contributed by atoms with Crippen LogP contribution in [0, 0.1) is 0 Å². The lowest BCUT2D eigenvalue weighted by molar-refractivity contribution is -0.933. The molecule has 1 aliphatic heterocycles. The molecule has 1 fully saturated rings. The summed E-state index contributed by atoms with van der Waals surface area (Å²) in [6.07, 6.45) is 17.4. The van der Waals surface area contributed by atoms with Crippen LogP contribution in [0.1, 0.15) is 97.8 Å². The lowest BCUT2D eigenvalue weighted by Gasteiger charge is -2.40. The Balaban J connectivity index is 0.000000956. The van der Waals surface area contributed by atoms with Crippen LogP contribution < -0.4 is 0 Å². The van der Waals surface area contributed by atoms with Gasteiger partial charge in [-0.25, -0.2) is 8.42 Å². The predicted octanol–water partition coefficient (Wildman–Crippen LogP) is 5.04. The third-order valence-corrected chi connectivity index (χ3v) is 6.36. The van der Waals surface area contributed by atoms with E-state index in [0.29, 0.717) is 0 Å². The molecule has 1 rings (SSSR count). The molecular formula is C22H47NO5S. The number of quaternary nitrogens is 1. The maximum atomic E-state index is 9.45. The topological polar surface area (TPSA) is 75.7 Å². The molecule has 0 unspecified atom stereocenters. The van der Waals surface area contributed by atoms with E-state index in [0.717, 1.165) is 13.2 Å². The highest BCUT2D eigenvalue weighted by Crippen LogP contribution is 2.15. The molecule has 0 bridgehead atoms. The zero-order chi connectivity index (χ0) is 21.8. The first-order valence-electron chi connectivity index (χ1n) is 11.9. The Labute approximate surface area is 180 Å². The Morgan fingerprint density at radius 3 is 1.59 bits per heavy atom. The first kappa shape index (κ1) is 28.8. The second-order valence-electron chi connectivity index (χ2n) is 8.14. The van der Waals surface area contributed by atoms with E-state index in [1.807, 2.05) is 0 Å².